The molecule has 0 amide bonds. The van der Waals surface area contributed by atoms with Crippen LogP contribution in [0.25, 0.3) is 12.2 Å². The summed E-state index contributed by atoms with van der Waals surface area (Å²) < 4.78 is 59.5. The molecule has 0 saturated heterocycles. The topological polar surface area (TPSA) is 161 Å². The first-order chi connectivity index (χ1) is 37.2. The van der Waals surface area contributed by atoms with Crippen molar-refractivity contribution >= 4 is 36.0 Å². The van der Waals surface area contributed by atoms with Gasteiger partial charge < -0.3 is 47.4 Å². The molecule has 0 aliphatic carbocycles. The second-order valence-corrected chi connectivity index (χ2v) is 18.1. The van der Waals surface area contributed by atoms with Crippen molar-refractivity contribution < 1.29 is 66.5 Å². The first kappa shape index (κ1) is 63.6. The van der Waals surface area contributed by atoms with Gasteiger partial charge in [0.05, 0.1) is 52.9 Å². The molecule has 0 bridgehead atoms. The highest BCUT2D eigenvalue weighted by Crippen LogP contribution is 2.43. The van der Waals surface area contributed by atoms with Gasteiger partial charge in [-0.1, -0.05) is 118 Å². The van der Waals surface area contributed by atoms with Gasteiger partial charge in [0.25, 0.3) is 0 Å². The Bertz CT molecular complexity index is 2060. The zero-order valence-electron chi connectivity index (χ0n) is 46.0. The third-order valence-electron chi connectivity index (χ3n) is 11.7. The molecule has 14 nitrogen and oxygen atoms in total. The van der Waals surface area contributed by atoms with Crippen LogP contribution in [0.5, 0.6) is 46.0 Å². The maximum atomic E-state index is 13.2. The van der Waals surface area contributed by atoms with E-state index < -0.39 is 23.9 Å². The molecule has 0 aliphatic heterocycles. The summed E-state index contributed by atoms with van der Waals surface area (Å²) in [6.45, 7) is 18.6. The van der Waals surface area contributed by atoms with Gasteiger partial charge in [-0.25, -0.2) is 19.2 Å². The Kier molecular flexibility index (Phi) is 34.0. The Morgan fingerprint density at radius 1 is 0.355 bits per heavy atom. The Labute approximate surface area is 453 Å². The van der Waals surface area contributed by atoms with Crippen molar-refractivity contribution in [2.45, 2.75) is 156 Å². The molecular formula is C62H86O14. The Morgan fingerprint density at radius 2 is 0.658 bits per heavy atom. The van der Waals surface area contributed by atoms with E-state index in [1.165, 1.54) is 12.2 Å². The van der Waals surface area contributed by atoms with Gasteiger partial charge in [0.2, 0.25) is 11.5 Å². The van der Waals surface area contributed by atoms with E-state index in [9.17, 15) is 19.2 Å². The number of benzene rings is 3. The molecule has 76 heavy (non-hydrogen) atoms. The highest BCUT2D eigenvalue weighted by molar-refractivity contribution is 5.90. The molecule has 418 valence electrons. The zero-order valence-corrected chi connectivity index (χ0v) is 46.0. The van der Waals surface area contributed by atoms with Gasteiger partial charge in [0.15, 0.2) is 23.0 Å². The summed E-state index contributed by atoms with van der Waals surface area (Å²) in [5.41, 5.74) is 1.24. The minimum Gasteiger partial charge on any atom is -0.490 e. The van der Waals surface area contributed by atoms with Gasteiger partial charge in [-0.3, -0.25) is 0 Å². The molecule has 3 aromatic carbocycles. The summed E-state index contributed by atoms with van der Waals surface area (Å²) in [5, 5.41) is 0. The maximum absolute atomic E-state index is 13.2. The number of esters is 4. The maximum Gasteiger partial charge on any atom is 0.336 e. The van der Waals surface area contributed by atoms with Crippen LogP contribution in [-0.4, -0.2) is 76.7 Å². The van der Waals surface area contributed by atoms with E-state index in [-0.39, 0.29) is 24.7 Å². The molecule has 0 fully saturated rings. The standard InChI is InChI=1S/C62H86O14/c1-7-13-17-21-45-71-59-49(29-37-53(61(59)73-47-23-19-15-9-3)67-41-25-27-43-69-55(63)11-5)31-39-57(65)75-51-33-35-52(36-34-51)76-58(66)40-32-50-30-38-54(68-42-26-28-44-70-56(64)12-6)62(74-48-24-20-16-10-4)60(50)72-46-22-18-14-8-2/h11-12,29-40H,5-10,13-28,41-48H2,1-4H3/b39-31+,40-32+. The quantitative estimate of drug-likeness (QED) is 0.0228. The number of hydrogen-bond acceptors (Lipinski definition) is 14. The minimum absolute atomic E-state index is 0.248. The SMILES string of the molecule is C=CC(=O)OCCCCOc1ccc(/C=C/C(=O)Oc2ccc(OC(=O)/C=C/c3ccc(OCCCCOC(=O)C=C)c(OCCCCCC)c3OCCCCCC)cc2)c(OCCCCCC)c1OCCCCCC. The highest BCUT2D eigenvalue weighted by Gasteiger charge is 2.20. The van der Waals surface area contributed by atoms with Gasteiger partial charge in [0.1, 0.15) is 11.5 Å². The largest absolute Gasteiger partial charge is 0.490 e. The summed E-state index contributed by atoms with van der Waals surface area (Å²) in [6, 6.07) is 13.4. The summed E-state index contributed by atoms with van der Waals surface area (Å²) in [6.07, 6.45) is 27.0. The van der Waals surface area contributed by atoms with Gasteiger partial charge in [-0.05, 0) is 112 Å². The zero-order chi connectivity index (χ0) is 54.9. The number of unbranched alkanes of at least 4 members (excludes halogenated alkanes) is 14. The summed E-state index contributed by atoms with van der Waals surface area (Å²) in [4.78, 5) is 49.4. The fourth-order valence-corrected chi connectivity index (χ4v) is 7.42. The van der Waals surface area contributed by atoms with Gasteiger partial charge in [-0.2, -0.15) is 0 Å². The van der Waals surface area contributed by atoms with Crippen LogP contribution in [0.1, 0.15) is 167 Å². The molecule has 0 atom stereocenters. The molecule has 0 aromatic heterocycles. The summed E-state index contributed by atoms with van der Waals surface area (Å²) >= 11 is 0. The Morgan fingerprint density at radius 3 is 0.987 bits per heavy atom. The number of rotatable bonds is 44. The molecule has 0 saturated carbocycles. The van der Waals surface area contributed by atoms with Crippen molar-refractivity contribution in [1.29, 1.82) is 0 Å². The lowest BCUT2D eigenvalue weighted by molar-refractivity contribution is -0.138. The molecule has 0 N–H and O–H groups in total. The number of hydrogen-bond donors (Lipinski definition) is 0. The van der Waals surface area contributed by atoms with E-state index in [1.807, 2.05) is 12.1 Å². The fourth-order valence-electron chi connectivity index (χ4n) is 7.42. The first-order valence-corrected chi connectivity index (χ1v) is 27.8. The van der Waals surface area contributed by atoms with Crippen molar-refractivity contribution in [3.8, 4) is 46.0 Å². The molecule has 0 unspecified atom stereocenters. The average Bonchev–Trinajstić information content (AvgIpc) is 3.42. The molecular weight excluding hydrogens is 969 g/mol. The fraction of sp³-hybridized carbons (Fsp3) is 0.516. The monoisotopic (exact) mass is 1050 g/mol. The molecule has 14 heteroatoms. The second-order valence-electron chi connectivity index (χ2n) is 18.1. The van der Waals surface area contributed by atoms with E-state index >= 15 is 0 Å². The number of ether oxygens (including phenoxy) is 10. The van der Waals surface area contributed by atoms with Gasteiger partial charge in [-0.15, -0.1) is 0 Å². The first-order valence-electron chi connectivity index (χ1n) is 27.8. The van der Waals surface area contributed by atoms with E-state index in [0.717, 1.165) is 115 Å². The van der Waals surface area contributed by atoms with Crippen molar-refractivity contribution in [2.24, 2.45) is 0 Å². The summed E-state index contributed by atoms with van der Waals surface area (Å²) in [7, 11) is 0. The predicted molar refractivity (Wildman–Crippen MR) is 299 cm³/mol. The van der Waals surface area contributed by atoms with E-state index in [2.05, 4.69) is 40.9 Å². The normalized spacial score (nSPS) is 11.0. The van der Waals surface area contributed by atoms with Crippen LogP contribution >= 0.6 is 0 Å². The highest BCUT2D eigenvalue weighted by atomic mass is 16.6. The molecule has 0 radical (unpaired) electrons. The Hall–Kier alpha value is -6.70. The van der Waals surface area contributed by atoms with Crippen LogP contribution in [-0.2, 0) is 28.7 Å². The van der Waals surface area contributed by atoms with Crippen molar-refractivity contribution in [3.05, 3.63) is 97.1 Å². The van der Waals surface area contributed by atoms with Gasteiger partial charge >= 0.3 is 23.9 Å². The smallest absolute Gasteiger partial charge is 0.336 e. The van der Waals surface area contributed by atoms with Crippen LogP contribution in [0.4, 0.5) is 0 Å². The van der Waals surface area contributed by atoms with Crippen LogP contribution in [0.2, 0.25) is 0 Å². The van der Waals surface area contributed by atoms with E-state index in [0.29, 0.717) is 111 Å². The van der Waals surface area contributed by atoms with Crippen LogP contribution < -0.4 is 37.9 Å². The Balaban J connectivity index is 1.77. The van der Waals surface area contributed by atoms with Crippen molar-refractivity contribution in [2.75, 3.05) is 52.9 Å². The van der Waals surface area contributed by atoms with Gasteiger partial charge in [0, 0.05) is 35.4 Å². The molecule has 0 aliphatic rings. The summed E-state index contributed by atoms with van der Waals surface area (Å²) in [5.74, 6) is 1.26. The van der Waals surface area contributed by atoms with Crippen molar-refractivity contribution in [3.63, 3.8) is 0 Å². The minimum atomic E-state index is -0.628. The average molecular weight is 1060 g/mol. The van der Waals surface area contributed by atoms with E-state index in [1.54, 1.807) is 48.6 Å². The predicted octanol–water partition coefficient (Wildman–Crippen LogP) is 14.5. The third-order valence-corrected chi connectivity index (χ3v) is 11.7. The third kappa shape index (κ3) is 26.7. The van der Waals surface area contributed by atoms with Crippen LogP contribution in [0, 0.1) is 0 Å². The molecule has 3 aromatic rings. The lowest BCUT2D eigenvalue weighted by atomic mass is 10.1. The van der Waals surface area contributed by atoms with Crippen LogP contribution in [0.3, 0.4) is 0 Å². The lowest BCUT2D eigenvalue weighted by Crippen LogP contribution is -2.08. The molecule has 0 spiro atoms. The van der Waals surface area contributed by atoms with E-state index in [4.69, 9.17) is 47.4 Å². The lowest BCUT2D eigenvalue weighted by Gasteiger charge is -2.19. The number of carbonyl (C=O) groups excluding carboxylic acids is 4. The molecule has 0 heterocycles. The molecule has 3 rings (SSSR count). The second kappa shape index (κ2) is 40.6. The van der Waals surface area contributed by atoms with Crippen LogP contribution in [0.15, 0.2) is 86.0 Å². The van der Waals surface area contributed by atoms with Crippen molar-refractivity contribution in [1.82, 2.24) is 0 Å². The number of carbonyl (C=O) groups is 4.